The molecule has 0 unspecified atom stereocenters. The number of carboxylic acid groups (broad SMARTS) is 4. The Morgan fingerprint density at radius 2 is 0.571 bits per heavy atom. The minimum absolute atomic E-state index is 0.209. The molecule has 1 fully saturated rings. The van der Waals surface area contributed by atoms with Crippen LogP contribution in [0.2, 0.25) is 0 Å². The zero-order chi connectivity index (χ0) is 21.1. The average Bonchev–Trinajstić information content (AvgIpc) is 2.55. The zero-order valence-corrected chi connectivity index (χ0v) is 15.5. The van der Waals surface area contributed by atoms with E-state index in [4.69, 9.17) is 0 Å². The monoisotopic (exact) mass is 400 g/mol. The van der Waals surface area contributed by atoms with Gasteiger partial charge in [0.2, 0.25) is 0 Å². The number of nitrogens with zero attached hydrogens (tertiary/aromatic N) is 4. The lowest BCUT2D eigenvalue weighted by atomic mass is 10.3. The Balaban J connectivity index is 2.90. The van der Waals surface area contributed by atoms with E-state index in [-0.39, 0.29) is 78.5 Å². The first-order valence-corrected chi connectivity index (χ1v) is 8.84. The van der Waals surface area contributed by atoms with Gasteiger partial charge in [0.25, 0.3) is 0 Å². The van der Waals surface area contributed by atoms with Crippen LogP contribution >= 0.6 is 0 Å². The molecule has 1 aliphatic heterocycles. The Morgan fingerprint density at radius 1 is 0.429 bits per heavy atom. The van der Waals surface area contributed by atoms with Crippen LogP contribution in [0.3, 0.4) is 0 Å². The van der Waals surface area contributed by atoms with Crippen molar-refractivity contribution in [3.8, 4) is 0 Å². The van der Waals surface area contributed by atoms with Crippen molar-refractivity contribution in [2.45, 2.75) is 0 Å². The highest BCUT2D eigenvalue weighted by molar-refractivity contribution is 5.67. The molecule has 0 aromatic rings. The minimum Gasteiger partial charge on any atom is -0.549 e. The summed E-state index contributed by atoms with van der Waals surface area (Å²) in [6.45, 7) is 0.155. The van der Waals surface area contributed by atoms with E-state index in [0.717, 1.165) is 0 Å². The fourth-order valence-corrected chi connectivity index (χ4v) is 2.94. The van der Waals surface area contributed by atoms with Gasteiger partial charge >= 0.3 is 0 Å². The van der Waals surface area contributed by atoms with E-state index < -0.39 is 23.9 Å². The van der Waals surface area contributed by atoms with Gasteiger partial charge in [-0.3, -0.25) is 19.6 Å². The molecule has 0 saturated carbocycles. The molecular formula is C16H24N4O8-4. The van der Waals surface area contributed by atoms with Crippen molar-refractivity contribution >= 4 is 23.9 Å². The fraction of sp³-hybridized carbons (Fsp3) is 0.750. The highest BCUT2D eigenvalue weighted by Gasteiger charge is 2.17. The third-order valence-electron chi connectivity index (χ3n) is 4.34. The molecule has 1 aliphatic rings. The van der Waals surface area contributed by atoms with E-state index in [1.165, 1.54) is 19.6 Å². The molecule has 0 radical (unpaired) electrons. The molecule has 28 heavy (non-hydrogen) atoms. The van der Waals surface area contributed by atoms with Crippen LogP contribution in [0.4, 0.5) is 0 Å². The summed E-state index contributed by atoms with van der Waals surface area (Å²) in [5, 5.41) is 43.8. The average molecular weight is 400 g/mol. The van der Waals surface area contributed by atoms with Crippen LogP contribution in [0, 0.1) is 0 Å². The second-order valence-electron chi connectivity index (χ2n) is 6.59. The second kappa shape index (κ2) is 12.2. The van der Waals surface area contributed by atoms with Crippen LogP contribution < -0.4 is 20.4 Å². The van der Waals surface area contributed by atoms with Crippen LogP contribution in [0.15, 0.2) is 0 Å². The van der Waals surface area contributed by atoms with Crippen molar-refractivity contribution < 1.29 is 39.6 Å². The lowest BCUT2D eigenvalue weighted by Crippen LogP contribution is -2.52. The standard InChI is InChI=1S/C16H28N4O8/c21-13(22)9-17-1-2-18(10-14(23)24)5-6-20(12-16(27)28)8-7-19(4-3-17)11-15(25)26/h1-12H2,(H,21,22)(H,23,24)(H,25,26)(H,27,28)/p-4. The predicted molar refractivity (Wildman–Crippen MR) is 85.8 cm³/mol. The minimum atomic E-state index is -1.30. The van der Waals surface area contributed by atoms with Gasteiger partial charge in [0.15, 0.2) is 0 Å². The largest absolute Gasteiger partial charge is 0.549 e. The van der Waals surface area contributed by atoms with Gasteiger partial charge in [-0.2, -0.15) is 0 Å². The quantitative estimate of drug-likeness (QED) is 0.377. The van der Waals surface area contributed by atoms with Crippen LogP contribution in [0.25, 0.3) is 0 Å². The molecule has 0 N–H and O–H groups in total. The first-order valence-electron chi connectivity index (χ1n) is 8.84. The van der Waals surface area contributed by atoms with E-state index in [1.807, 2.05) is 0 Å². The van der Waals surface area contributed by atoms with Gasteiger partial charge in [0.1, 0.15) is 0 Å². The van der Waals surface area contributed by atoms with E-state index in [0.29, 0.717) is 0 Å². The van der Waals surface area contributed by atoms with Gasteiger partial charge in [-0.1, -0.05) is 0 Å². The van der Waals surface area contributed by atoms with E-state index in [1.54, 1.807) is 0 Å². The van der Waals surface area contributed by atoms with Gasteiger partial charge in [-0.05, 0) is 0 Å². The highest BCUT2D eigenvalue weighted by Crippen LogP contribution is 2.00. The number of carbonyl (C=O) groups excluding carboxylic acids is 4. The maximum absolute atomic E-state index is 11.0. The van der Waals surface area contributed by atoms with Gasteiger partial charge in [-0.15, -0.1) is 0 Å². The Bertz CT molecular complexity index is 447. The van der Waals surface area contributed by atoms with Crippen LogP contribution in [-0.2, 0) is 19.2 Å². The summed E-state index contributed by atoms with van der Waals surface area (Å²) in [6, 6.07) is 0. The highest BCUT2D eigenvalue weighted by atomic mass is 16.4. The van der Waals surface area contributed by atoms with Gasteiger partial charge in [-0.25, -0.2) is 0 Å². The molecule has 1 rings (SSSR count). The van der Waals surface area contributed by atoms with Crippen molar-refractivity contribution in [3.05, 3.63) is 0 Å². The fourth-order valence-electron chi connectivity index (χ4n) is 2.94. The lowest BCUT2D eigenvalue weighted by molar-refractivity contribution is -0.309. The zero-order valence-electron chi connectivity index (χ0n) is 15.5. The normalized spacial score (nSPS) is 19.4. The van der Waals surface area contributed by atoms with Crippen molar-refractivity contribution in [1.82, 2.24) is 19.6 Å². The van der Waals surface area contributed by atoms with E-state index in [9.17, 15) is 39.6 Å². The Morgan fingerprint density at radius 3 is 0.679 bits per heavy atom. The number of carboxylic acids is 4. The lowest BCUT2D eigenvalue weighted by Gasteiger charge is -2.34. The number of rotatable bonds is 8. The van der Waals surface area contributed by atoms with Crippen LogP contribution in [0.5, 0.6) is 0 Å². The molecule has 0 aromatic heterocycles. The number of hydrogen-bond donors (Lipinski definition) is 0. The van der Waals surface area contributed by atoms with E-state index in [2.05, 4.69) is 0 Å². The molecular weight excluding hydrogens is 376 g/mol. The van der Waals surface area contributed by atoms with Crippen molar-refractivity contribution in [2.24, 2.45) is 0 Å². The molecule has 0 aromatic carbocycles. The molecule has 160 valence electrons. The van der Waals surface area contributed by atoms with Crippen LogP contribution in [-0.4, -0.2) is 122 Å². The summed E-state index contributed by atoms with van der Waals surface area (Å²) in [4.78, 5) is 49.9. The van der Waals surface area contributed by atoms with Gasteiger partial charge in [0, 0.05) is 78.5 Å². The second-order valence-corrected chi connectivity index (χ2v) is 6.59. The third-order valence-corrected chi connectivity index (χ3v) is 4.34. The third kappa shape index (κ3) is 10.8. The molecule has 1 saturated heterocycles. The number of aliphatic carboxylic acids is 4. The SMILES string of the molecule is O=C([O-])CN1CCN(CC(=O)[O-])CCN(CC(=O)[O-])CCN(CC(=O)[O-])CC1. The molecule has 1 heterocycles. The Labute approximate surface area is 162 Å². The van der Waals surface area contributed by atoms with Crippen LogP contribution in [0.1, 0.15) is 0 Å². The van der Waals surface area contributed by atoms with Gasteiger partial charge in [0.05, 0.1) is 23.9 Å². The molecule has 0 atom stereocenters. The topological polar surface area (TPSA) is 173 Å². The maximum atomic E-state index is 11.0. The summed E-state index contributed by atoms with van der Waals surface area (Å²) in [5.74, 6) is -5.20. The molecule has 12 heteroatoms. The molecule has 0 amide bonds. The molecule has 0 bridgehead atoms. The number of hydrogen-bond acceptors (Lipinski definition) is 12. The summed E-state index contributed by atoms with van der Waals surface area (Å²) >= 11 is 0. The van der Waals surface area contributed by atoms with Gasteiger partial charge < -0.3 is 39.6 Å². The first-order chi connectivity index (χ1) is 13.2. The number of carbonyl (C=O) groups is 4. The Kier molecular flexibility index (Phi) is 10.4. The summed E-state index contributed by atoms with van der Waals surface area (Å²) in [7, 11) is 0. The van der Waals surface area contributed by atoms with Crippen molar-refractivity contribution in [3.63, 3.8) is 0 Å². The first kappa shape index (κ1) is 23.8. The maximum Gasteiger partial charge on any atom is 0.0555 e. The van der Waals surface area contributed by atoms with Crippen molar-refractivity contribution in [1.29, 1.82) is 0 Å². The predicted octanol–water partition coefficient (Wildman–Crippen LogP) is -7.79. The summed E-state index contributed by atoms with van der Waals surface area (Å²) < 4.78 is 0. The molecule has 0 spiro atoms. The van der Waals surface area contributed by atoms with E-state index >= 15 is 0 Å². The summed E-state index contributed by atoms with van der Waals surface area (Å²) in [5.41, 5.74) is 0. The van der Waals surface area contributed by atoms with Crippen molar-refractivity contribution in [2.75, 3.05) is 78.5 Å². The smallest absolute Gasteiger partial charge is 0.0555 e. The summed E-state index contributed by atoms with van der Waals surface area (Å²) in [6.07, 6.45) is 0. The molecule has 12 nitrogen and oxygen atoms in total. The molecule has 0 aliphatic carbocycles. The Hall–Kier alpha value is -2.28.